The van der Waals surface area contributed by atoms with Crippen LogP contribution in [0.2, 0.25) is 0 Å². The molecule has 0 aromatic rings. The maximum absolute atomic E-state index is 10.7. The average molecular weight is 463 g/mol. The van der Waals surface area contributed by atoms with Crippen molar-refractivity contribution in [2.75, 3.05) is 11.5 Å². The summed E-state index contributed by atoms with van der Waals surface area (Å²) in [6, 6.07) is 0. The third-order valence-electron chi connectivity index (χ3n) is 2.76. The van der Waals surface area contributed by atoms with Crippen molar-refractivity contribution >= 4 is 30.4 Å². The van der Waals surface area contributed by atoms with Crippen LogP contribution in [0.5, 0.6) is 0 Å². The Bertz CT molecular complexity index is 855. The van der Waals surface area contributed by atoms with E-state index in [0.717, 1.165) is 0 Å². The molecule has 0 fully saturated rings. The van der Waals surface area contributed by atoms with Gasteiger partial charge in [0.15, 0.2) is 0 Å². The van der Waals surface area contributed by atoms with Crippen LogP contribution in [0.1, 0.15) is 46.0 Å². The third-order valence-corrected chi connectivity index (χ3v) is 4.81. The fraction of sp³-hybridized carbons (Fsp3) is 0.733. The lowest BCUT2D eigenvalue weighted by Crippen LogP contribution is -2.24. The smallest absolute Gasteiger partial charge is 0.335 e. The summed E-state index contributed by atoms with van der Waals surface area (Å²) in [5.41, 5.74) is 0. The van der Waals surface area contributed by atoms with Crippen LogP contribution in [0.3, 0.4) is 0 Å². The van der Waals surface area contributed by atoms with Gasteiger partial charge in [-0.1, -0.05) is 26.2 Å². The highest BCUT2D eigenvalue weighted by Gasteiger charge is 2.17. The zero-order chi connectivity index (χ0) is 22.4. The molecule has 0 aliphatic rings. The quantitative estimate of drug-likeness (QED) is 0.314. The van der Waals surface area contributed by atoms with E-state index in [1.54, 1.807) is 12.2 Å². The molecule has 0 saturated heterocycles. The third kappa shape index (κ3) is 22.9. The molecule has 0 aromatic carbocycles. The second kappa shape index (κ2) is 13.9. The fourth-order valence-electron chi connectivity index (χ4n) is 1.70. The summed E-state index contributed by atoms with van der Waals surface area (Å²) in [6.07, 6.45) is 5.18. The van der Waals surface area contributed by atoms with Crippen molar-refractivity contribution in [3.8, 4) is 23.5 Å². The second-order valence-electron chi connectivity index (χ2n) is 5.53. The Labute approximate surface area is 167 Å². The molecule has 0 spiro atoms. The maximum Gasteiger partial charge on any atom is 0.335 e. The Morgan fingerprint density at radius 1 is 0.893 bits per heavy atom. The van der Waals surface area contributed by atoms with Crippen LogP contribution in [-0.2, 0) is 35.1 Å². The largest absolute Gasteiger partial charge is 0.361 e. The van der Waals surface area contributed by atoms with E-state index in [9.17, 15) is 25.3 Å². The summed E-state index contributed by atoms with van der Waals surface area (Å²) in [7, 11) is -12.3. The lowest BCUT2D eigenvalue weighted by atomic mass is 10.1. The van der Waals surface area contributed by atoms with Crippen molar-refractivity contribution in [2.24, 2.45) is 0 Å². The standard InChI is InChI=1S/C12H18O7S2.C3H8O3S/c1-3-5-11(7-9-20(13,14)15)19-12(6-4-2)8-10-21(16,17)18;1-2-3-7(4,5)6/h1,11-12H,4-7,9H2,2H3,(H,13,14,15)(H,16,17,18);2-3H2,1H3,(H,4,5,6). The molecule has 164 valence electrons. The summed E-state index contributed by atoms with van der Waals surface area (Å²) in [6.45, 7) is 3.51. The van der Waals surface area contributed by atoms with Gasteiger partial charge in [0.05, 0.1) is 22.9 Å². The lowest BCUT2D eigenvalue weighted by molar-refractivity contribution is 0.0154. The predicted molar refractivity (Wildman–Crippen MR) is 104 cm³/mol. The first-order chi connectivity index (χ1) is 12.6. The zero-order valence-corrected chi connectivity index (χ0v) is 18.1. The Balaban J connectivity index is 0. The van der Waals surface area contributed by atoms with Crippen LogP contribution in [0.4, 0.5) is 0 Å². The van der Waals surface area contributed by atoms with Crippen LogP contribution in [-0.4, -0.2) is 62.6 Å². The first-order valence-corrected chi connectivity index (χ1v) is 12.8. The Hall–Kier alpha value is -1.19. The first kappa shape index (κ1) is 29.0. The van der Waals surface area contributed by atoms with Gasteiger partial charge < -0.3 is 4.74 Å². The minimum atomic E-state index is -4.44. The van der Waals surface area contributed by atoms with Crippen molar-refractivity contribution in [3.05, 3.63) is 0 Å². The van der Waals surface area contributed by atoms with Gasteiger partial charge in [-0.25, -0.2) is 0 Å². The molecule has 0 amide bonds. The Morgan fingerprint density at radius 2 is 1.43 bits per heavy atom. The van der Waals surface area contributed by atoms with E-state index in [4.69, 9.17) is 24.8 Å². The zero-order valence-electron chi connectivity index (χ0n) is 15.6. The van der Waals surface area contributed by atoms with Gasteiger partial charge in [0.25, 0.3) is 20.2 Å². The maximum atomic E-state index is 10.7. The molecular formula is C15H26O10S3. The minimum Gasteiger partial charge on any atom is -0.361 e. The SMILES string of the molecule is C#CCC(CCS(=O)(=O)O)OC(C#CS(=O)(=O)O)CCC.CCCS(=O)(=O)O. The number of ether oxygens (including phenoxy) is 1. The fourth-order valence-corrected chi connectivity index (χ4v) is 3.05. The van der Waals surface area contributed by atoms with Crippen LogP contribution in [0.25, 0.3) is 0 Å². The topological polar surface area (TPSA) is 172 Å². The van der Waals surface area contributed by atoms with E-state index in [-0.39, 0.29) is 18.6 Å². The molecular weight excluding hydrogens is 436 g/mol. The van der Waals surface area contributed by atoms with E-state index < -0.39 is 48.3 Å². The molecule has 0 bridgehead atoms. The van der Waals surface area contributed by atoms with Crippen molar-refractivity contribution < 1.29 is 43.6 Å². The van der Waals surface area contributed by atoms with E-state index in [2.05, 4.69) is 11.8 Å². The molecule has 2 atom stereocenters. The molecule has 0 aromatic heterocycles. The van der Waals surface area contributed by atoms with Crippen molar-refractivity contribution in [3.63, 3.8) is 0 Å². The van der Waals surface area contributed by atoms with E-state index in [1.165, 1.54) is 0 Å². The van der Waals surface area contributed by atoms with Gasteiger partial charge in [-0.15, -0.1) is 12.3 Å². The first-order valence-electron chi connectivity index (χ1n) is 8.12. The number of hydrogen-bond donors (Lipinski definition) is 3. The van der Waals surface area contributed by atoms with Crippen molar-refractivity contribution in [1.82, 2.24) is 0 Å². The van der Waals surface area contributed by atoms with Gasteiger partial charge in [-0.05, 0) is 19.3 Å². The molecule has 0 rings (SSSR count). The Kier molecular flexibility index (Phi) is 14.4. The predicted octanol–water partition coefficient (Wildman–Crippen LogP) is 0.974. The molecule has 28 heavy (non-hydrogen) atoms. The molecule has 3 N–H and O–H groups in total. The normalized spacial score (nSPS) is 13.9. The lowest BCUT2D eigenvalue weighted by Gasteiger charge is -2.19. The van der Waals surface area contributed by atoms with Gasteiger partial charge in [-0.3, -0.25) is 13.7 Å². The highest BCUT2D eigenvalue weighted by molar-refractivity contribution is 7.90. The molecule has 0 heterocycles. The van der Waals surface area contributed by atoms with Gasteiger partial charge in [0.1, 0.15) is 6.10 Å². The van der Waals surface area contributed by atoms with Crippen molar-refractivity contribution in [1.29, 1.82) is 0 Å². The summed E-state index contributed by atoms with van der Waals surface area (Å²) in [4.78, 5) is 0. The van der Waals surface area contributed by atoms with Gasteiger partial charge >= 0.3 is 10.1 Å². The molecule has 0 radical (unpaired) electrons. The highest BCUT2D eigenvalue weighted by Crippen LogP contribution is 2.12. The second-order valence-corrected chi connectivity index (χ2v) is 9.82. The minimum absolute atomic E-state index is 0.0448. The molecule has 13 heteroatoms. The van der Waals surface area contributed by atoms with Crippen LogP contribution in [0, 0.1) is 23.5 Å². The number of rotatable bonds is 10. The van der Waals surface area contributed by atoms with E-state index in [0.29, 0.717) is 19.3 Å². The van der Waals surface area contributed by atoms with Crippen LogP contribution >= 0.6 is 0 Å². The average Bonchev–Trinajstić information content (AvgIpc) is 2.48. The van der Waals surface area contributed by atoms with Gasteiger partial charge in [0, 0.05) is 6.42 Å². The molecule has 10 nitrogen and oxygen atoms in total. The monoisotopic (exact) mass is 462 g/mol. The highest BCUT2D eigenvalue weighted by atomic mass is 32.2. The summed E-state index contributed by atoms with van der Waals surface area (Å²) < 4.78 is 92.9. The molecule has 0 aliphatic heterocycles. The van der Waals surface area contributed by atoms with Crippen LogP contribution in [0.15, 0.2) is 0 Å². The number of hydrogen-bond acceptors (Lipinski definition) is 7. The number of terminal acetylenes is 1. The molecule has 2 unspecified atom stereocenters. The van der Waals surface area contributed by atoms with E-state index >= 15 is 0 Å². The molecule has 0 saturated carbocycles. The van der Waals surface area contributed by atoms with E-state index in [1.807, 2.05) is 6.92 Å². The Morgan fingerprint density at radius 3 is 1.75 bits per heavy atom. The van der Waals surface area contributed by atoms with Crippen molar-refractivity contribution in [2.45, 2.75) is 58.2 Å². The summed E-state index contributed by atoms with van der Waals surface area (Å²) in [5, 5.41) is 1.66. The summed E-state index contributed by atoms with van der Waals surface area (Å²) in [5.74, 6) is 3.91. The molecule has 0 aliphatic carbocycles. The summed E-state index contributed by atoms with van der Waals surface area (Å²) >= 11 is 0. The van der Waals surface area contributed by atoms with Gasteiger partial charge in [-0.2, -0.15) is 25.3 Å². The van der Waals surface area contributed by atoms with Gasteiger partial charge in [0.2, 0.25) is 0 Å². The van der Waals surface area contributed by atoms with Crippen LogP contribution < -0.4 is 0 Å².